The minimum atomic E-state index is 0.728. The molecule has 1 rings (SSSR count). The van der Waals surface area contributed by atoms with Crippen LogP contribution in [0.15, 0.2) is 24.4 Å². The van der Waals surface area contributed by atoms with Crippen LogP contribution in [0.5, 0.6) is 0 Å². The highest BCUT2D eigenvalue weighted by Crippen LogP contribution is 2.02. The number of pyridine rings is 1. The Kier molecular flexibility index (Phi) is 5.40. The molecule has 3 heteroatoms. The molecule has 75 valence electrons. The minimum absolute atomic E-state index is 0.728. The lowest BCUT2D eigenvalue weighted by Gasteiger charge is -2.00. The molecule has 0 atom stereocenters. The zero-order chi connectivity index (χ0) is 10.1. The van der Waals surface area contributed by atoms with Crippen LogP contribution in [0.4, 0.5) is 0 Å². The van der Waals surface area contributed by atoms with E-state index in [4.69, 9.17) is 0 Å². The summed E-state index contributed by atoms with van der Waals surface area (Å²) in [6.45, 7) is 0.728. The third-order valence-corrected chi connectivity index (χ3v) is 2.03. The lowest BCUT2D eigenvalue weighted by atomic mass is 10.1. The van der Waals surface area contributed by atoms with Crippen LogP contribution in [-0.2, 0) is 11.2 Å². The third kappa shape index (κ3) is 4.60. The Bertz CT molecular complexity index is 249. The molecule has 3 nitrogen and oxygen atoms in total. The van der Waals surface area contributed by atoms with Gasteiger partial charge in [-0.25, -0.2) is 0 Å². The van der Waals surface area contributed by atoms with Crippen molar-refractivity contribution in [1.82, 2.24) is 10.3 Å². The molecule has 1 radical (unpaired) electrons. The van der Waals surface area contributed by atoms with Gasteiger partial charge in [-0.2, -0.15) is 0 Å². The average Bonchev–Trinajstić information content (AvgIpc) is 2.25. The highest BCUT2D eigenvalue weighted by molar-refractivity contribution is 5.46. The Balaban J connectivity index is 2.02. The molecule has 0 fully saturated rings. The number of aromatic nitrogens is 1. The Morgan fingerprint density at radius 3 is 2.93 bits per heavy atom. The van der Waals surface area contributed by atoms with E-state index < -0.39 is 0 Å². The number of amides is 1. The van der Waals surface area contributed by atoms with Gasteiger partial charge in [0.15, 0.2) is 0 Å². The molecule has 0 aliphatic heterocycles. The van der Waals surface area contributed by atoms with Crippen molar-refractivity contribution in [2.24, 2.45) is 0 Å². The lowest BCUT2D eigenvalue weighted by molar-refractivity contribution is 0.537. The molecule has 0 bridgehead atoms. The zero-order valence-electron chi connectivity index (χ0n) is 8.20. The SMILES string of the molecule is O=[C]NCCCCCc1ccccn1. The van der Waals surface area contributed by atoms with Gasteiger partial charge in [-0.05, 0) is 31.4 Å². The number of nitrogens with zero attached hydrogens (tertiary/aromatic N) is 1. The Morgan fingerprint density at radius 2 is 2.21 bits per heavy atom. The van der Waals surface area contributed by atoms with E-state index in [1.54, 1.807) is 6.41 Å². The van der Waals surface area contributed by atoms with Crippen LogP contribution in [0.2, 0.25) is 0 Å². The molecule has 1 amide bonds. The van der Waals surface area contributed by atoms with Gasteiger partial charge in [0, 0.05) is 18.4 Å². The highest BCUT2D eigenvalue weighted by Gasteiger charge is 1.93. The van der Waals surface area contributed by atoms with Crippen LogP contribution in [0.25, 0.3) is 0 Å². The topological polar surface area (TPSA) is 42.0 Å². The number of unbranched alkanes of at least 4 members (excludes halogenated alkanes) is 2. The molecule has 1 aromatic rings. The van der Waals surface area contributed by atoms with Crippen molar-refractivity contribution in [3.8, 4) is 0 Å². The first-order chi connectivity index (χ1) is 6.93. The normalized spacial score (nSPS) is 9.71. The van der Waals surface area contributed by atoms with E-state index >= 15 is 0 Å². The van der Waals surface area contributed by atoms with Gasteiger partial charge >= 0.3 is 6.41 Å². The van der Waals surface area contributed by atoms with Gasteiger partial charge in [-0.15, -0.1) is 0 Å². The third-order valence-electron chi connectivity index (χ3n) is 2.03. The maximum atomic E-state index is 9.81. The maximum absolute atomic E-state index is 9.81. The summed E-state index contributed by atoms with van der Waals surface area (Å²) >= 11 is 0. The van der Waals surface area contributed by atoms with Crippen molar-refractivity contribution < 1.29 is 4.79 Å². The molecule has 0 aliphatic rings. The van der Waals surface area contributed by atoms with E-state index in [2.05, 4.69) is 10.3 Å². The molecule has 0 aliphatic carbocycles. The molecule has 0 saturated carbocycles. The monoisotopic (exact) mass is 191 g/mol. The fraction of sp³-hybridized carbons (Fsp3) is 0.455. The number of hydrogen-bond donors (Lipinski definition) is 1. The van der Waals surface area contributed by atoms with Crippen molar-refractivity contribution >= 4 is 6.41 Å². The van der Waals surface area contributed by atoms with Crippen molar-refractivity contribution in [3.63, 3.8) is 0 Å². The van der Waals surface area contributed by atoms with E-state index in [0.717, 1.165) is 37.9 Å². The van der Waals surface area contributed by atoms with Crippen molar-refractivity contribution in [2.75, 3.05) is 6.54 Å². The number of hydrogen-bond acceptors (Lipinski definition) is 2. The van der Waals surface area contributed by atoms with Crippen LogP contribution in [0.1, 0.15) is 25.0 Å². The first-order valence-corrected chi connectivity index (χ1v) is 4.93. The predicted molar refractivity (Wildman–Crippen MR) is 55.5 cm³/mol. The van der Waals surface area contributed by atoms with Gasteiger partial charge < -0.3 is 5.32 Å². The molecular formula is C11H15N2O. The molecule has 0 aromatic carbocycles. The first-order valence-electron chi connectivity index (χ1n) is 4.93. The second-order valence-corrected chi connectivity index (χ2v) is 3.16. The Morgan fingerprint density at radius 1 is 1.29 bits per heavy atom. The van der Waals surface area contributed by atoms with Crippen molar-refractivity contribution in [3.05, 3.63) is 30.1 Å². The average molecular weight is 191 g/mol. The van der Waals surface area contributed by atoms with Gasteiger partial charge in [-0.3, -0.25) is 9.78 Å². The van der Waals surface area contributed by atoms with E-state index in [1.807, 2.05) is 24.4 Å². The second-order valence-electron chi connectivity index (χ2n) is 3.16. The number of rotatable bonds is 7. The zero-order valence-corrected chi connectivity index (χ0v) is 8.20. The number of aryl methyl sites for hydroxylation is 1. The van der Waals surface area contributed by atoms with Gasteiger partial charge in [-0.1, -0.05) is 12.5 Å². The molecule has 1 aromatic heterocycles. The van der Waals surface area contributed by atoms with Gasteiger partial charge in [0.25, 0.3) is 0 Å². The quantitative estimate of drug-likeness (QED) is 0.523. The Labute approximate surface area is 84.6 Å². The first kappa shape index (κ1) is 10.7. The molecule has 14 heavy (non-hydrogen) atoms. The number of carbonyl (C=O) groups excluding carboxylic acids is 1. The van der Waals surface area contributed by atoms with Crippen LogP contribution >= 0.6 is 0 Å². The maximum Gasteiger partial charge on any atom is 0.309 e. The number of nitrogens with one attached hydrogen (secondary N) is 1. The minimum Gasteiger partial charge on any atom is -0.348 e. The van der Waals surface area contributed by atoms with E-state index in [1.165, 1.54) is 0 Å². The molecule has 1 N–H and O–H groups in total. The van der Waals surface area contributed by atoms with Crippen LogP contribution < -0.4 is 5.32 Å². The summed E-state index contributed by atoms with van der Waals surface area (Å²) in [6, 6.07) is 5.97. The summed E-state index contributed by atoms with van der Waals surface area (Å²) in [7, 11) is 0. The fourth-order valence-corrected chi connectivity index (χ4v) is 1.29. The van der Waals surface area contributed by atoms with Crippen LogP contribution in [0.3, 0.4) is 0 Å². The van der Waals surface area contributed by atoms with Crippen LogP contribution in [0, 0.1) is 0 Å². The summed E-state index contributed by atoms with van der Waals surface area (Å²) in [5, 5.41) is 2.53. The summed E-state index contributed by atoms with van der Waals surface area (Å²) in [5.41, 5.74) is 1.14. The standard InChI is InChI=1S/C11H15N2O/c14-10-12-8-4-1-2-6-11-7-3-5-9-13-11/h3,5,7,9H,1-2,4,6,8H2,(H,12,14). The molecule has 0 saturated heterocycles. The predicted octanol–water partition coefficient (Wildman–Crippen LogP) is 1.45. The van der Waals surface area contributed by atoms with Gasteiger partial charge in [0.05, 0.1) is 0 Å². The van der Waals surface area contributed by atoms with E-state index in [9.17, 15) is 4.79 Å². The molecule has 1 heterocycles. The Hall–Kier alpha value is -1.38. The fourth-order valence-electron chi connectivity index (χ4n) is 1.29. The van der Waals surface area contributed by atoms with Crippen LogP contribution in [-0.4, -0.2) is 17.9 Å². The molecule has 0 spiro atoms. The van der Waals surface area contributed by atoms with Gasteiger partial charge in [0.2, 0.25) is 0 Å². The molecular weight excluding hydrogens is 176 g/mol. The summed E-state index contributed by atoms with van der Waals surface area (Å²) in [5.74, 6) is 0. The smallest absolute Gasteiger partial charge is 0.309 e. The van der Waals surface area contributed by atoms with E-state index in [0.29, 0.717) is 0 Å². The molecule has 0 unspecified atom stereocenters. The lowest BCUT2D eigenvalue weighted by Crippen LogP contribution is -2.11. The van der Waals surface area contributed by atoms with Crippen molar-refractivity contribution in [1.29, 1.82) is 0 Å². The highest BCUT2D eigenvalue weighted by atomic mass is 16.1. The summed E-state index contributed by atoms with van der Waals surface area (Å²) in [6.07, 6.45) is 7.76. The second kappa shape index (κ2) is 7.06. The largest absolute Gasteiger partial charge is 0.348 e. The van der Waals surface area contributed by atoms with E-state index in [-0.39, 0.29) is 0 Å². The summed E-state index contributed by atoms with van der Waals surface area (Å²) in [4.78, 5) is 14.0. The van der Waals surface area contributed by atoms with Gasteiger partial charge in [0.1, 0.15) is 0 Å². The summed E-state index contributed by atoms with van der Waals surface area (Å²) < 4.78 is 0. The van der Waals surface area contributed by atoms with Crippen molar-refractivity contribution in [2.45, 2.75) is 25.7 Å².